The molecule has 1 aliphatic rings. The summed E-state index contributed by atoms with van der Waals surface area (Å²) in [5.74, 6) is 1.58. The summed E-state index contributed by atoms with van der Waals surface area (Å²) >= 11 is 0. The zero-order valence-electron chi connectivity index (χ0n) is 18.0. The molecule has 0 bridgehead atoms. The summed E-state index contributed by atoms with van der Waals surface area (Å²) in [5, 5.41) is 3.19. The zero-order valence-corrected chi connectivity index (χ0v) is 18.0. The fourth-order valence-corrected chi connectivity index (χ4v) is 3.52. The Morgan fingerprint density at radius 1 is 1.06 bits per heavy atom. The number of aromatic nitrogens is 3. The lowest BCUT2D eigenvalue weighted by molar-refractivity contribution is -0.138. The smallest absolute Gasteiger partial charge is 0.263 e. The van der Waals surface area contributed by atoms with Gasteiger partial charge in [-0.1, -0.05) is 12.1 Å². The van der Waals surface area contributed by atoms with Crippen LogP contribution in [-0.4, -0.2) is 58.0 Å². The summed E-state index contributed by atoms with van der Waals surface area (Å²) in [5.41, 5.74) is 1.10. The maximum absolute atomic E-state index is 13.8. The Morgan fingerprint density at radius 2 is 1.81 bits per heavy atom. The van der Waals surface area contributed by atoms with Crippen molar-refractivity contribution in [3.63, 3.8) is 0 Å². The number of anilines is 3. The summed E-state index contributed by atoms with van der Waals surface area (Å²) < 4.78 is 19.3. The first-order valence-corrected chi connectivity index (χ1v) is 10.5. The molecule has 166 valence electrons. The second kappa shape index (κ2) is 9.59. The van der Waals surface area contributed by atoms with Gasteiger partial charge in [-0.3, -0.25) is 4.79 Å². The van der Waals surface area contributed by atoms with Crippen LogP contribution in [0.2, 0.25) is 0 Å². The molecule has 8 nitrogen and oxygen atoms in total. The van der Waals surface area contributed by atoms with Gasteiger partial charge in [-0.15, -0.1) is 0 Å². The van der Waals surface area contributed by atoms with Crippen molar-refractivity contribution in [1.82, 2.24) is 19.9 Å². The summed E-state index contributed by atoms with van der Waals surface area (Å²) in [6.45, 7) is 5.94. The zero-order chi connectivity index (χ0) is 22.5. The molecule has 1 saturated heterocycles. The van der Waals surface area contributed by atoms with Gasteiger partial charge in [0.1, 0.15) is 23.8 Å². The lowest BCUT2D eigenvalue weighted by atomic mass is 10.2. The normalized spacial score (nSPS) is 14.7. The van der Waals surface area contributed by atoms with Gasteiger partial charge < -0.3 is 19.9 Å². The Hall–Kier alpha value is -3.75. The highest BCUT2D eigenvalue weighted by atomic mass is 19.1. The van der Waals surface area contributed by atoms with Crippen molar-refractivity contribution >= 4 is 23.4 Å². The summed E-state index contributed by atoms with van der Waals surface area (Å²) in [6.07, 6.45) is 2.48. The number of rotatable bonds is 6. The molecule has 1 amide bonds. The van der Waals surface area contributed by atoms with Crippen molar-refractivity contribution in [3.8, 4) is 5.75 Å². The number of aryl methyl sites for hydroxylation is 1. The van der Waals surface area contributed by atoms with Crippen LogP contribution in [-0.2, 0) is 4.79 Å². The van der Waals surface area contributed by atoms with Gasteiger partial charge >= 0.3 is 0 Å². The van der Waals surface area contributed by atoms with Gasteiger partial charge in [-0.25, -0.2) is 19.3 Å². The fraction of sp³-hybridized carbons (Fsp3) is 0.304. The Labute approximate surface area is 186 Å². The molecule has 3 aromatic rings. The number of carbonyl (C=O) groups excluding carboxylic acids is 1. The van der Waals surface area contributed by atoms with Crippen LogP contribution in [0.3, 0.4) is 0 Å². The fourth-order valence-electron chi connectivity index (χ4n) is 3.52. The number of amides is 1. The van der Waals surface area contributed by atoms with Crippen molar-refractivity contribution in [2.45, 2.75) is 20.0 Å². The number of ether oxygens (including phenoxy) is 1. The average Bonchev–Trinajstić information content (AvgIpc) is 2.80. The van der Waals surface area contributed by atoms with Gasteiger partial charge in [0.05, 0.1) is 0 Å². The number of benzene rings is 1. The number of para-hydroxylation sites is 1. The first-order valence-electron chi connectivity index (χ1n) is 10.5. The van der Waals surface area contributed by atoms with Crippen molar-refractivity contribution in [1.29, 1.82) is 0 Å². The number of carbonyl (C=O) groups is 1. The minimum Gasteiger partial charge on any atom is -0.478 e. The summed E-state index contributed by atoms with van der Waals surface area (Å²) in [6, 6.07) is 11.8. The monoisotopic (exact) mass is 436 g/mol. The molecule has 3 heterocycles. The van der Waals surface area contributed by atoms with Crippen LogP contribution < -0.4 is 15.0 Å². The number of nitrogens with one attached hydrogen (secondary N) is 1. The van der Waals surface area contributed by atoms with Crippen molar-refractivity contribution < 1.29 is 13.9 Å². The van der Waals surface area contributed by atoms with Crippen LogP contribution in [0, 0.1) is 12.7 Å². The highest BCUT2D eigenvalue weighted by Crippen LogP contribution is 2.21. The number of hydrogen-bond acceptors (Lipinski definition) is 7. The second-order valence-electron chi connectivity index (χ2n) is 7.61. The molecular formula is C23H25FN6O2. The van der Waals surface area contributed by atoms with E-state index in [1.54, 1.807) is 30.2 Å². The molecule has 0 aliphatic carbocycles. The quantitative estimate of drug-likeness (QED) is 0.635. The standard InChI is InChI=1S/C23H25FN6O2/c1-16-7-8-25-20(13-16)28-21-14-22(27-15-26-21)29-9-11-30(12-10-29)23(31)17(2)32-19-6-4-3-5-18(19)24/h3-8,13-15,17H,9-12H2,1-2H3,(H,25,26,27,28). The predicted molar refractivity (Wildman–Crippen MR) is 120 cm³/mol. The van der Waals surface area contributed by atoms with E-state index >= 15 is 0 Å². The van der Waals surface area contributed by atoms with E-state index in [4.69, 9.17) is 4.74 Å². The van der Waals surface area contributed by atoms with Crippen molar-refractivity contribution in [2.24, 2.45) is 0 Å². The van der Waals surface area contributed by atoms with E-state index in [0.717, 1.165) is 11.4 Å². The molecule has 2 aromatic heterocycles. The second-order valence-corrected chi connectivity index (χ2v) is 7.61. The number of piperazine rings is 1. The first kappa shape index (κ1) is 21.5. The average molecular weight is 436 g/mol. The first-order chi connectivity index (χ1) is 15.5. The van der Waals surface area contributed by atoms with E-state index in [1.807, 2.05) is 25.1 Å². The van der Waals surface area contributed by atoms with E-state index in [9.17, 15) is 9.18 Å². The predicted octanol–water partition coefficient (Wildman–Crippen LogP) is 3.18. The molecule has 1 N–H and O–H groups in total. The molecule has 32 heavy (non-hydrogen) atoms. The largest absolute Gasteiger partial charge is 0.478 e. The van der Waals surface area contributed by atoms with E-state index in [-0.39, 0.29) is 11.7 Å². The molecule has 0 radical (unpaired) electrons. The van der Waals surface area contributed by atoms with E-state index in [1.165, 1.54) is 18.5 Å². The van der Waals surface area contributed by atoms with Crippen LogP contribution >= 0.6 is 0 Å². The maximum atomic E-state index is 13.8. The molecule has 1 unspecified atom stereocenters. The Morgan fingerprint density at radius 3 is 2.56 bits per heavy atom. The third-order valence-electron chi connectivity index (χ3n) is 5.23. The highest BCUT2D eigenvalue weighted by Gasteiger charge is 2.27. The maximum Gasteiger partial charge on any atom is 0.263 e. The number of halogens is 1. The number of hydrogen-bond donors (Lipinski definition) is 1. The van der Waals surface area contributed by atoms with Crippen molar-refractivity contribution in [3.05, 3.63) is 66.4 Å². The molecule has 0 spiro atoms. The van der Waals surface area contributed by atoms with Gasteiger partial charge in [-0.2, -0.15) is 0 Å². The van der Waals surface area contributed by atoms with E-state index in [0.29, 0.717) is 37.8 Å². The Bertz CT molecular complexity index is 1090. The molecule has 1 fully saturated rings. The Balaban J connectivity index is 1.34. The lowest BCUT2D eigenvalue weighted by Gasteiger charge is -2.36. The molecule has 0 saturated carbocycles. The van der Waals surface area contributed by atoms with Crippen LogP contribution in [0.25, 0.3) is 0 Å². The van der Waals surface area contributed by atoms with E-state index in [2.05, 4.69) is 25.2 Å². The molecular weight excluding hydrogens is 411 g/mol. The molecule has 1 aromatic carbocycles. The molecule has 4 rings (SSSR count). The van der Waals surface area contributed by atoms with Gasteiger partial charge in [0.25, 0.3) is 5.91 Å². The molecule has 9 heteroatoms. The van der Waals surface area contributed by atoms with Crippen LogP contribution in [0.1, 0.15) is 12.5 Å². The minimum atomic E-state index is -0.768. The van der Waals surface area contributed by atoms with Gasteiger partial charge in [0.2, 0.25) is 0 Å². The summed E-state index contributed by atoms with van der Waals surface area (Å²) in [7, 11) is 0. The van der Waals surface area contributed by atoms with Crippen LogP contribution in [0.4, 0.5) is 21.8 Å². The van der Waals surface area contributed by atoms with Crippen LogP contribution in [0.15, 0.2) is 55.0 Å². The minimum absolute atomic E-state index is 0.0797. The van der Waals surface area contributed by atoms with Gasteiger partial charge in [-0.05, 0) is 43.7 Å². The third kappa shape index (κ3) is 5.11. The Kier molecular flexibility index (Phi) is 6.44. The van der Waals surface area contributed by atoms with Gasteiger partial charge in [0.15, 0.2) is 17.7 Å². The third-order valence-corrected chi connectivity index (χ3v) is 5.23. The SMILES string of the molecule is Cc1ccnc(Nc2cc(N3CCN(C(=O)C(C)Oc4ccccc4F)CC3)ncn2)c1. The van der Waals surface area contributed by atoms with E-state index < -0.39 is 11.9 Å². The summed E-state index contributed by atoms with van der Waals surface area (Å²) in [4.78, 5) is 29.5. The number of pyridine rings is 1. The number of nitrogens with zero attached hydrogens (tertiary/aromatic N) is 5. The highest BCUT2D eigenvalue weighted by molar-refractivity contribution is 5.81. The molecule has 1 atom stereocenters. The topological polar surface area (TPSA) is 83.5 Å². The molecule has 1 aliphatic heterocycles. The van der Waals surface area contributed by atoms with Gasteiger partial charge in [0, 0.05) is 38.4 Å². The van der Waals surface area contributed by atoms with Crippen molar-refractivity contribution in [2.75, 3.05) is 36.4 Å². The van der Waals surface area contributed by atoms with Crippen LogP contribution in [0.5, 0.6) is 5.75 Å². The lowest BCUT2D eigenvalue weighted by Crippen LogP contribution is -2.52.